The molecule has 174 valence electrons. The third-order valence-electron chi connectivity index (χ3n) is 4.81. The first-order chi connectivity index (χ1) is 14.9. The Labute approximate surface area is 195 Å². The molecule has 2 aromatic rings. The van der Waals surface area contributed by atoms with E-state index in [9.17, 15) is 18.0 Å². The Morgan fingerprint density at radius 2 is 1.72 bits per heavy atom. The lowest BCUT2D eigenvalue weighted by molar-refractivity contribution is -0.139. The van der Waals surface area contributed by atoms with E-state index in [2.05, 4.69) is 5.32 Å². The van der Waals surface area contributed by atoms with Gasteiger partial charge in [0, 0.05) is 17.6 Å². The molecule has 2 rings (SSSR count). The van der Waals surface area contributed by atoms with Crippen molar-refractivity contribution < 1.29 is 18.0 Å². The minimum atomic E-state index is -3.78. The summed E-state index contributed by atoms with van der Waals surface area (Å²) in [7, 11) is -3.78. The third kappa shape index (κ3) is 7.24. The van der Waals surface area contributed by atoms with Gasteiger partial charge in [-0.05, 0) is 51.5 Å². The maximum absolute atomic E-state index is 13.4. The van der Waals surface area contributed by atoms with E-state index in [0.717, 1.165) is 21.7 Å². The lowest BCUT2D eigenvalue weighted by atomic mass is 10.1. The molecule has 0 bridgehead atoms. The van der Waals surface area contributed by atoms with Crippen LogP contribution in [0.25, 0.3) is 0 Å². The van der Waals surface area contributed by atoms with Crippen LogP contribution in [0, 0.1) is 6.92 Å². The van der Waals surface area contributed by atoms with Gasteiger partial charge in [0.15, 0.2) is 0 Å². The first-order valence-electron chi connectivity index (χ1n) is 10.3. The molecule has 32 heavy (non-hydrogen) atoms. The topological polar surface area (TPSA) is 86.8 Å². The van der Waals surface area contributed by atoms with Crippen molar-refractivity contribution in [2.75, 3.05) is 17.1 Å². The van der Waals surface area contributed by atoms with E-state index < -0.39 is 28.5 Å². The van der Waals surface area contributed by atoms with Gasteiger partial charge in [0.05, 0.1) is 11.9 Å². The van der Waals surface area contributed by atoms with Crippen LogP contribution in [0.5, 0.6) is 0 Å². The second kappa shape index (κ2) is 10.8. The molecule has 2 aromatic carbocycles. The quantitative estimate of drug-likeness (QED) is 0.597. The van der Waals surface area contributed by atoms with Gasteiger partial charge in [-0.25, -0.2) is 8.42 Å². The van der Waals surface area contributed by atoms with Crippen molar-refractivity contribution >= 4 is 39.1 Å². The molecule has 0 saturated carbocycles. The summed E-state index contributed by atoms with van der Waals surface area (Å²) in [6.07, 6.45) is 1.03. The Balaban J connectivity index is 2.39. The monoisotopic (exact) mass is 479 g/mol. The summed E-state index contributed by atoms with van der Waals surface area (Å²) in [6, 6.07) is 13.0. The van der Waals surface area contributed by atoms with Crippen LogP contribution in [-0.2, 0) is 26.2 Å². The average Bonchev–Trinajstić information content (AvgIpc) is 2.68. The number of amides is 2. The molecule has 0 fully saturated rings. The molecule has 7 nitrogen and oxygen atoms in total. The standard InChI is InChI=1S/C23H30ClN3O4S/c1-16(2)25-23(29)18(4)26(14-19-9-6-8-17(3)12-19)22(28)15-27(32(5,30)31)21-11-7-10-20(24)13-21/h6-13,16,18H,14-15H2,1-5H3,(H,25,29)/t18-/m1/s1. The molecule has 1 N–H and O–H groups in total. The first-order valence-corrected chi connectivity index (χ1v) is 12.5. The zero-order chi connectivity index (χ0) is 24.1. The summed E-state index contributed by atoms with van der Waals surface area (Å²) in [5.41, 5.74) is 2.14. The van der Waals surface area contributed by atoms with Gasteiger partial charge in [-0.1, -0.05) is 47.5 Å². The fourth-order valence-electron chi connectivity index (χ4n) is 3.24. The van der Waals surface area contributed by atoms with Crippen LogP contribution in [0.4, 0.5) is 5.69 Å². The SMILES string of the molecule is Cc1cccc(CN(C(=O)CN(c2cccc(Cl)c2)S(C)(=O)=O)[C@H](C)C(=O)NC(C)C)c1. The van der Waals surface area contributed by atoms with Crippen LogP contribution in [0.1, 0.15) is 31.9 Å². The molecule has 0 unspecified atom stereocenters. The molecule has 1 atom stereocenters. The molecule has 0 radical (unpaired) electrons. The van der Waals surface area contributed by atoms with Crippen LogP contribution >= 0.6 is 11.6 Å². The fourth-order valence-corrected chi connectivity index (χ4v) is 4.27. The number of sulfonamides is 1. The fraction of sp³-hybridized carbons (Fsp3) is 0.391. The predicted octanol–water partition coefficient (Wildman–Crippen LogP) is 3.36. The summed E-state index contributed by atoms with van der Waals surface area (Å²) >= 11 is 6.03. The maximum Gasteiger partial charge on any atom is 0.244 e. The lowest BCUT2D eigenvalue weighted by Gasteiger charge is -2.32. The summed E-state index contributed by atoms with van der Waals surface area (Å²) < 4.78 is 26.0. The lowest BCUT2D eigenvalue weighted by Crippen LogP contribution is -2.52. The highest BCUT2D eigenvalue weighted by Crippen LogP contribution is 2.22. The molecule has 0 heterocycles. The van der Waals surface area contributed by atoms with Gasteiger partial charge in [0.1, 0.15) is 12.6 Å². The van der Waals surface area contributed by atoms with E-state index in [0.29, 0.717) is 5.02 Å². The van der Waals surface area contributed by atoms with Gasteiger partial charge in [0.2, 0.25) is 21.8 Å². The number of hydrogen-bond donors (Lipinski definition) is 1. The van der Waals surface area contributed by atoms with Gasteiger partial charge < -0.3 is 10.2 Å². The molecule has 0 saturated heterocycles. The van der Waals surface area contributed by atoms with Crippen LogP contribution in [0.15, 0.2) is 48.5 Å². The molecular formula is C23H30ClN3O4S. The Morgan fingerprint density at radius 3 is 2.28 bits per heavy atom. The first kappa shape index (κ1) is 25.7. The van der Waals surface area contributed by atoms with Crippen LogP contribution < -0.4 is 9.62 Å². The largest absolute Gasteiger partial charge is 0.352 e. The third-order valence-corrected chi connectivity index (χ3v) is 6.18. The Morgan fingerprint density at radius 1 is 1.06 bits per heavy atom. The summed E-state index contributed by atoms with van der Waals surface area (Å²) in [5.74, 6) is -0.807. The highest BCUT2D eigenvalue weighted by molar-refractivity contribution is 7.92. The van der Waals surface area contributed by atoms with E-state index in [4.69, 9.17) is 11.6 Å². The smallest absolute Gasteiger partial charge is 0.244 e. The number of halogens is 1. The average molecular weight is 480 g/mol. The number of hydrogen-bond acceptors (Lipinski definition) is 4. The molecule has 0 spiro atoms. The number of nitrogens with one attached hydrogen (secondary N) is 1. The number of nitrogens with zero attached hydrogens (tertiary/aromatic N) is 2. The van der Waals surface area contributed by atoms with Gasteiger partial charge in [0.25, 0.3) is 0 Å². The zero-order valence-electron chi connectivity index (χ0n) is 19.0. The van der Waals surface area contributed by atoms with Crippen molar-refractivity contribution in [1.29, 1.82) is 0 Å². The van der Waals surface area contributed by atoms with Crippen molar-refractivity contribution in [1.82, 2.24) is 10.2 Å². The van der Waals surface area contributed by atoms with Gasteiger partial charge in [-0.3, -0.25) is 13.9 Å². The number of carbonyl (C=O) groups is 2. The van der Waals surface area contributed by atoms with Crippen molar-refractivity contribution in [2.24, 2.45) is 0 Å². The van der Waals surface area contributed by atoms with Gasteiger partial charge >= 0.3 is 0 Å². The molecule has 0 aliphatic heterocycles. The van der Waals surface area contributed by atoms with E-state index in [1.807, 2.05) is 45.0 Å². The molecule has 9 heteroatoms. The summed E-state index contributed by atoms with van der Waals surface area (Å²) in [5, 5.41) is 3.17. The number of rotatable bonds is 9. The maximum atomic E-state index is 13.4. The Bertz CT molecular complexity index is 1070. The molecule has 0 aromatic heterocycles. The highest BCUT2D eigenvalue weighted by atomic mass is 35.5. The van der Waals surface area contributed by atoms with E-state index >= 15 is 0 Å². The second-order valence-electron chi connectivity index (χ2n) is 8.10. The molecule has 0 aliphatic carbocycles. The second-order valence-corrected chi connectivity index (χ2v) is 10.4. The normalized spacial score (nSPS) is 12.3. The molecule has 2 amide bonds. The van der Waals surface area contributed by atoms with Crippen molar-refractivity contribution in [3.8, 4) is 0 Å². The van der Waals surface area contributed by atoms with Crippen molar-refractivity contribution in [3.05, 3.63) is 64.7 Å². The number of aryl methyl sites for hydroxylation is 1. The van der Waals surface area contributed by atoms with Gasteiger partial charge in [-0.15, -0.1) is 0 Å². The number of anilines is 1. The molecule has 0 aliphatic rings. The summed E-state index contributed by atoms with van der Waals surface area (Å²) in [6.45, 7) is 6.96. The summed E-state index contributed by atoms with van der Waals surface area (Å²) in [4.78, 5) is 27.5. The highest BCUT2D eigenvalue weighted by Gasteiger charge is 2.30. The van der Waals surface area contributed by atoms with Crippen LogP contribution in [0.2, 0.25) is 5.02 Å². The number of carbonyl (C=O) groups excluding carboxylic acids is 2. The van der Waals surface area contributed by atoms with Gasteiger partial charge in [-0.2, -0.15) is 0 Å². The van der Waals surface area contributed by atoms with Crippen molar-refractivity contribution in [3.63, 3.8) is 0 Å². The Kier molecular flexibility index (Phi) is 8.69. The zero-order valence-corrected chi connectivity index (χ0v) is 20.6. The van der Waals surface area contributed by atoms with E-state index in [-0.39, 0.29) is 24.2 Å². The van der Waals surface area contributed by atoms with Crippen LogP contribution in [0.3, 0.4) is 0 Å². The predicted molar refractivity (Wildman–Crippen MR) is 128 cm³/mol. The number of benzene rings is 2. The minimum absolute atomic E-state index is 0.0974. The van der Waals surface area contributed by atoms with E-state index in [1.165, 1.54) is 11.0 Å². The minimum Gasteiger partial charge on any atom is -0.352 e. The molecular weight excluding hydrogens is 450 g/mol. The van der Waals surface area contributed by atoms with Crippen LogP contribution in [-0.4, -0.2) is 50.0 Å². The van der Waals surface area contributed by atoms with Crippen molar-refractivity contribution in [2.45, 2.75) is 46.3 Å². The Hall–Kier alpha value is -2.58. The van der Waals surface area contributed by atoms with E-state index in [1.54, 1.807) is 25.1 Å².